The molecule has 1 unspecified atom stereocenters. The van der Waals surface area contributed by atoms with Crippen LogP contribution < -0.4 is 16.0 Å². The van der Waals surface area contributed by atoms with Crippen molar-refractivity contribution < 1.29 is 27.6 Å². The van der Waals surface area contributed by atoms with Gasteiger partial charge in [0.2, 0.25) is 17.7 Å². The van der Waals surface area contributed by atoms with Crippen LogP contribution >= 0.6 is 0 Å². The van der Waals surface area contributed by atoms with Crippen molar-refractivity contribution in [2.75, 3.05) is 26.7 Å². The number of amides is 3. The monoisotopic (exact) mass is 386 g/mol. The number of benzene rings is 1. The Kier molecular flexibility index (Phi) is 6.78. The van der Waals surface area contributed by atoms with Crippen molar-refractivity contribution in [1.29, 1.82) is 0 Å². The Hall–Kier alpha value is -2.62. The third-order valence-electron chi connectivity index (χ3n) is 4.19. The van der Waals surface area contributed by atoms with E-state index in [2.05, 4.69) is 16.0 Å². The highest BCUT2D eigenvalue weighted by molar-refractivity contribution is 5.90. The summed E-state index contributed by atoms with van der Waals surface area (Å²) in [7, 11) is 1.43. The molecule has 0 radical (unpaired) electrons. The van der Waals surface area contributed by atoms with Crippen LogP contribution in [0.1, 0.15) is 17.5 Å². The smallest absolute Gasteiger partial charge is 0.358 e. The van der Waals surface area contributed by atoms with Gasteiger partial charge in [0.15, 0.2) is 0 Å². The van der Waals surface area contributed by atoms with E-state index in [0.29, 0.717) is 18.7 Å². The highest BCUT2D eigenvalue weighted by atomic mass is 19.4. The van der Waals surface area contributed by atoms with E-state index in [-0.39, 0.29) is 31.3 Å². The van der Waals surface area contributed by atoms with Crippen LogP contribution in [0.4, 0.5) is 13.2 Å². The standard InChI is InChI=1S/C17H21F3N4O3/c1-21-15(26)9-23-14(25)8-13-16(27)22-5-6-24(13)10-11-3-2-4-12(7-11)17(18,19)20/h2-4,7,13H,5-6,8-10H2,1H3,(H,21,26)(H,22,27)(H,23,25). The highest BCUT2D eigenvalue weighted by Crippen LogP contribution is 2.30. The molecular formula is C17H21F3N4O3. The average molecular weight is 386 g/mol. The van der Waals surface area contributed by atoms with E-state index in [9.17, 15) is 27.6 Å². The molecule has 0 spiro atoms. The zero-order valence-electron chi connectivity index (χ0n) is 14.7. The first-order valence-corrected chi connectivity index (χ1v) is 8.36. The summed E-state index contributed by atoms with van der Waals surface area (Å²) in [5.74, 6) is -1.24. The Balaban J connectivity index is 2.06. The topological polar surface area (TPSA) is 90.5 Å². The molecule has 1 saturated heterocycles. The van der Waals surface area contributed by atoms with Gasteiger partial charge in [-0.1, -0.05) is 18.2 Å². The predicted molar refractivity (Wildman–Crippen MR) is 90.3 cm³/mol. The summed E-state index contributed by atoms with van der Waals surface area (Å²) in [6.07, 6.45) is -4.64. The number of rotatable bonds is 6. The molecule has 0 bridgehead atoms. The quantitative estimate of drug-likeness (QED) is 0.654. The maximum atomic E-state index is 12.9. The number of nitrogens with zero attached hydrogens (tertiary/aromatic N) is 1. The van der Waals surface area contributed by atoms with Gasteiger partial charge in [0, 0.05) is 26.7 Å². The molecule has 3 N–H and O–H groups in total. The summed E-state index contributed by atoms with van der Waals surface area (Å²) in [6, 6.07) is 4.06. The maximum Gasteiger partial charge on any atom is 0.416 e. The molecule has 2 rings (SSSR count). The molecule has 1 atom stereocenters. The van der Waals surface area contributed by atoms with Crippen LogP contribution in [0.15, 0.2) is 24.3 Å². The minimum absolute atomic E-state index is 0.102. The molecule has 1 fully saturated rings. The van der Waals surface area contributed by atoms with E-state index in [1.54, 1.807) is 11.0 Å². The van der Waals surface area contributed by atoms with Gasteiger partial charge in [-0.3, -0.25) is 19.3 Å². The number of carbonyl (C=O) groups is 3. The summed E-state index contributed by atoms with van der Waals surface area (Å²) in [5.41, 5.74) is -0.364. The lowest BCUT2D eigenvalue weighted by atomic mass is 10.1. The van der Waals surface area contributed by atoms with Gasteiger partial charge in [0.05, 0.1) is 24.6 Å². The van der Waals surface area contributed by atoms with Crippen LogP contribution in [0.3, 0.4) is 0 Å². The number of hydrogen-bond acceptors (Lipinski definition) is 4. The average Bonchev–Trinajstić information content (AvgIpc) is 2.62. The van der Waals surface area contributed by atoms with Gasteiger partial charge < -0.3 is 16.0 Å². The van der Waals surface area contributed by atoms with E-state index in [1.807, 2.05) is 0 Å². The van der Waals surface area contributed by atoms with Crippen molar-refractivity contribution in [2.24, 2.45) is 0 Å². The molecule has 3 amide bonds. The van der Waals surface area contributed by atoms with Crippen molar-refractivity contribution in [3.63, 3.8) is 0 Å². The van der Waals surface area contributed by atoms with Crippen LogP contribution in [0.25, 0.3) is 0 Å². The van der Waals surface area contributed by atoms with Crippen LogP contribution in [0.2, 0.25) is 0 Å². The number of halogens is 3. The molecule has 27 heavy (non-hydrogen) atoms. The van der Waals surface area contributed by atoms with E-state index in [0.717, 1.165) is 12.1 Å². The molecule has 1 aliphatic heterocycles. The normalized spacial score (nSPS) is 17.9. The Morgan fingerprint density at radius 2 is 2.04 bits per heavy atom. The molecule has 1 aromatic rings. The molecule has 0 aliphatic carbocycles. The molecule has 7 nitrogen and oxygen atoms in total. The predicted octanol–water partition coefficient (Wildman–Crippen LogP) is 0.258. The largest absolute Gasteiger partial charge is 0.416 e. The lowest BCUT2D eigenvalue weighted by molar-refractivity contribution is -0.138. The van der Waals surface area contributed by atoms with Gasteiger partial charge in [0.25, 0.3) is 0 Å². The third-order valence-corrected chi connectivity index (χ3v) is 4.19. The number of nitrogens with one attached hydrogen (secondary N) is 3. The van der Waals surface area contributed by atoms with Crippen molar-refractivity contribution in [3.8, 4) is 0 Å². The number of hydrogen-bond donors (Lipinski definition) is 3. The SMILES string of the molecule is CNC(=O)CNC(=O)CC1C(=O)NCCN1Cc1cccc(C(F)(F)F)c1. The minimum Gasteiger partial charge on any atom is -0.358 e. The summed E-state index contributed by atoms with van der Waals surface area (Å²) >= 11 is 0. The third kappa shape index (κ3) is 5.95. The zero-order chi connectivity index (χ0) is 20.0. The number of alkyl halides is 3. The summed E-state index contributed by atoms with van der Waals surface area (Å²) in [4.78, 5) is 37.0. The molecule has 148 valence electrons. The van der Waals surface area contributed by atoms with Gasteiger partial charge in [-0.25, -0.2) is 0 Å². The van der Waals surface area contributed by atoms with Gasteiger partial charge in [-0.2, -0.15) is 13.2 Å². The van der Waals surface area contributed by atoms with Crippen molar-refractivity contribution in [2.45, 2.75) is 25.2 Å². The van der Waals surface area contributed by atoms with E-state index in [1.165, 1.54) is 13.1 Å². The van der Waals surface area contributed by atoms with Crippen LogP contribution in [-0.4, -0.2) is 55.3 Å². The molecular weight excluding hydrogens is 365 g/mol. The first-order valence-electron chi connectivity index (χ1n) is 8.36. The molecule has 10 heteroatoms. The second-order valence-corrected chi connectivity index (χ2v) is 6.13. The fourth-order valence-electron chi connectivity index (χ4n) is 2.77. The fourth-order valence-corrected chi connectivity index (χ4v) is 2.77. The van der Waals surface area contributed by atoms with Gasteiger partial charge in [0.1, 0.15) is 0 Å². The number of piperazine rings is 1. The Labute approximate surface area is 154 Å². The van der Waals surface area contributed by atoms with Crippen molar-refractivity contribution >= 4 is 17.7 Å². The van der Waals surface area contributed by atoms with Gasteiger partial charge in [-0.15, -0.1) is 0 Å². The first kappa shape index (κ1) is 20.7. The van der Waals surface area contributed by atoms with E-state index in [4.69, 9.17) is 0 Å². The van der Waals surface area contributed by atoms with Crippen LogP contribution in [0, 0.1) is 0 Å². The van der Waals surface area contributed by atoms with Gasteiger partial charge in [-0.05, 0) is 11.6 Å². The van der Waals surface area contributed by atoms with Crippen LogP contribution in [-0.2, 0) is 27.1 Å². The summed E-state index contributed by atoms with van der Waals surface area (Å²) < 4.78 is 38.6. The Bertz CT molecular complexity index is 709. The fraction of sp³-hybridized carbons (Fsp3) is 0.471. The molecule has 1 aromatic carbocycles. The lowest BCUT2D eigenvalue weighted by Crippen LogP contribution is -2.56. The van der Waals surface area contributed by atoms with Crippen molar-refractivity contribution in [1.82, 2.24) is 20.9 Å². The summed E-state index contributed by atoms with van der Waals surface area (Å²) in [5, 5.41) is 7.41. The van der Waals surface area contributed by atoms with E-state index >= 15 is 0 Å². The summed E-state index contributed by atoms with van der Waals surface area (Å²) in [6.45, 7) is 0.631. The minimum atomic E-state index is -4.45. The highest BCUT2D eigenvalue weighted by Gasteiger charge is 2.33. The van der Waals surface area contributed by atoms with Crippen molar-refractivity contribution in [3.05, 3.63) is 35.4 Å². The zero-order valence-corrected chi connectivity index (χ0v) is 14.7. The molecule has 1 heterocycles. The number of likely N-dealkylation sites (N-methyl/N-ethyl adjacent to an activating group) is 1. The molecule has 0 aromatic heterocycles. The maximum absolute atomic E-state index is 12.9. The molecule has 0 saturated carbocycles. The lowest BCUT2D eigenvalue weighted by Gasteiger charge is -2.34. The van der Waals surface area contributed by atoms with Crippen LogP contribution in [0.5, 0.6) is 0 Å². The Morgan fingerprint density at radius 1 is 1.30 bits per heavy atom. The Morgan fingerprint density at radius 3 is 2.70 bits per heavy atom. The number of carbonyl (C=O) groups excluding carboxylic acids is 3. The molecule has 1 aliphatic rings. The second-order valence-electron chi connectivity index (χ2n) is 6.13. The second kappa shape index (κ2) is 8.85. The van der Waals surface area contributed by atoms with E-state index < -0.39 is 23.7 Å². The van der Waals surface area contributed by atoms with Gasteiger partial charge >= 0.3 is 6.18 Å². The first-order chi connectivity index (χ1) is 12.7.